The molecule has 0 aliphatic rings. The molecule has 2 heterocycles. The molecule has 2 aromatic heterocycles. The van der Waals surface area contributed by atoms with Gasteiger partial charge in [-0.05, 0) is 47.4 Å². The fraction of sp³-hybridized carbons (Fsp3) is 0.0455. The molecule has 26 heavy (non-hydrogen) atoms. The van der Waals surface area contributed by atoms with Gasteiger partial charge >= 0.3 is 0 Å². The molecule has 0 radical (unpaired) electrons. The predicted octanol–water partition coefficient (Wildman–Crippen LogP) is 5.06. The maximum atomic E-state index is 5.92. The Kier molecular flexibility index (Phi) is 4.35. The van der Waals surface area contributed by atoms with E-state index in [2.05, 4.69) is 29.0 Å². The summed E-state index contributed by atoms with van der Waals surface area (Å²) >= 11 is 5.92. The summed E-state index contributed by atoms with van der Waals surface area (Å²) in [7, 11) is 1.65. The molecule has 4 rings (SSSR count). The van der Waals surface area contributed by atoms with Crippen LogP contribution in [0.5, 0.6) is 5.88 Å². The molecule has 4 aromatic rings. The molecular formula is C22H15ClN2O. The number of aromatic nitrogens is 2. The summed E-state index contributed by atoms with van der Waals surface area (Å²) in [6.07, 6.45) is 1.76. The summed E-state index contributed by atoms with van der Waals surface area (Å²) in [4.78, 5) is 4.50. The van der Waals surface area contributed by atoms with Gasteiger partial charge in [0.05, 0.1) is 13.3 Å². The van der Waals surface area contributed by atoms with Gasteiger partial charge in [-0.15, -0.1) is 0 Å². The first-order valence-corrected chi connectivity index (χ1v) is 8.51. The van der Waals surface area contributed by atoms with E-state index in [0.29, 0.717) is 10.9 Å². The van der Waals surface area contributed by atoms with Crippen molar-refractivity contribution < 1.29 is 4.74 Å². The quantitative estimate of drug-likeness (QED) is 0.468. The standard InChI is InChI=1S/C22H15ClN2O/c1-26-22-14-18(17-5-3-2-4-6-17)13-21-24-15-20(25(21)22)12-9-16-7-10-19(23)11-8-16/h2-8,10-11,13-15H,1H3. The van der Waals surface area contributed by atoms with Crippen molar-refractivity contribution in [3.05, 3.63) is 89.2 Å². The Morgan fingerprint density at radius 3 is 2.42 bits per heavy atom. The Morgan fingerprint density at radius 1 is 0.923 bits per heavy atom. The number of rotatable bonds is 2. The molecule has 0 spiro atoms. The highest BCUT2D eigenvalue weighted by atomic mass is 35.5. The maximum absolute atomic E-state index is 5.92. The van der Waals surface area contributed by atoms with Crippen molar-refractivity contribution >= 4 is 17.2 Å². The molecule has 0 fully saturated rings. The Labute approximate surface area is 156 Å². The van der Waals surface area contributed by atoms with E-state index in [9.17, 15) is 0 Å². The molecule has 0 amide bonds. The van der Waals surface area contributed by atoms with Crippen LogP contribution in [0.25, 0.3) is 16.8 Å². The summed E-state index contributed by atoms with van der Waals surface area (Å²) < 4.78 is 7.51. The third-order valence-corrected chi connectivity index (χ3v) is 4.32. The molecule has 0 saturated carbocycles. The van der Waals surface area contributed by atoms with Crippen molar-refractivity contribution in [2.45, 2.75) is 0 Å². The summed E-state index contributed by atoms with van der Waals surface area (Å²) in [6, 6.07) is 21.6. The molecule has 0 bridgehead atoms. The van der Waals surface area contributed by atoms with Crippen LogP contribution in [-0.4, -0.2) is 16.5 Å². The molecule has 0 aliphatic carbocycles. The first-order chi connectivity index (χ1) is 12.7. The second kappa shape index (κ2) is 6.95. The van der Waals surface area contributed by atoms with E-state index < -0.39 is 0 Å². The lowest BCUT2D eigenvalue weighted by Crippen LogP contribution is -1.97. The fourth-order valence-corrected chi connectivity index (χ4v) is 2.91. The van der Waals surface area contributed by atoms with E-state index in [1.807, 2.05) is 59.0 Å². The Balaban J connectivity index is 1.80. The number of imidazole rings is 1. The molecule has 0 N–H and O–H groups in total. The first kappa shape index (κ1) is 16.3. The molecular weight excluding hydrogens is 344 g/mol. The highest BCUT2D eigenvalue weighted by Gasteiger charge is 2.10. The molecule has 126 valence electrons. The van der Waals surface area contributed by atoms with Crippen molar-refractivity contribution in [2.24, 2.45) is 0 Å². The minimum Gasteiger partial charge on any atom is -0.482 e. The largest absolute Gasteiger partial charge is 0.482 e. The predicted molar refractivity (Wildman–Crippen MR) is 105 cm³/mol. The highest BCUT2D eigenvalue weighted by Crippen LogP contribution is 2.27. The van der Waals surface area contributed by atoms with Crippen LogP contribution >= 0.6 is 11.6 Å². The van der Waals surface area contributed by atoms with Crippen LogP contribution in [-0.2, 0) is 0 Å². The maximum Gasteiger partial charge on any atom is 0.200 e. The van der Waals surface area contributed by atoms with E-state index in [1.165, 1.54) is 0 Å². The number of pyridine rings is 1. The summed E-state index contributed by atoms with van der Waals surface area (Å²) in [6.45, 7) is 0. The smallest absolute Gasteiger partial charge is 0.200 e. The van der Waals surface area contributed by atoms with Gasteiger partial charge in [0.25, 0.3) is 0 Å². The number of methoxy groups -OCH3 is 1. The lowest BCUT2D eigenvalue weighted by atomic mass is 10.1. The second-order valence-electron chi connectivity index (χ2n) is 5.75. The van der Waals surface area contributed by atoms with Crippen molar-refractivity contribution in [1.82, 2.24) is 9.38 Å². The fourth-order valence-electron chi connectivity index (χ4n) is 2.78. The lowest BCUT2D eigenvalue weighted by Gasteiger charge is -2.09. The number of fused-ring (bicyclic) bond motifs is 1. The van der Waals surface area contributed by atoms with Crippen LogP contribution in [0.3, 0.4) is 0 Å². The van der Waals surface area contributed by atoms with Crippen molar-refractivity contribution in [1.29, 1.82) is 0 Å². The van der Waals surface area contributed by atoms with Gasteiger partial charge in [-0.3, -0.25) is 4.40 Å². The Hall–Kier alpha value is -3.22. The van der Waals surface area contributed by atoms with Crippen molar-refractivity contribution in [2.75, 3.05) is 7.11 Å². The highest BCUT2D eigenvalue weighted by molar-refractivity contribution is 6.30. The van der Waals surface area contributed by atoms with Crippen molar-refractivity contribution in [3.63, 3.8) is 0 Å². The van der Waals surface area contributed by atoms with Gasteiger partial charge in [0.1, 0.15) is 11.3 Å². The minimum absolute atomic E-state index is 0.694. The number of hydrogen-bond acceptors (Lipinski definition) is 2. The zero-order valence-corrected chi connectivity index (χ0v) is 14.9. The van der Waals surface area contributed by atoms with Gasteiger partial charge < -0.3 is 4.74 Å². The lowest BCUT2D eigenvalue weighted by molar-refractivity contribution is 0.392. The van der Waals surface area contributed by atoms with Gasteiger partial charge in [-0.2, -0.15) is 0 Å². The van der Waals surface area contributed by atoms with Crippen molar-refractivity contribution in [3.8, 4) is 28.8 Å². The van der Waals surface area contributed by atoms with Crippen LogP contribution in [0.15, 0.2) is 72.9 Å². The van der Waals surface area contributed by atoms with E-state index in [4.69, 9.17) is 16.3 Å². The SMILES string of the molecule is COc1cc(-c2ccccc2)cc2ncc(C#Cc3ccc(Cl)cc3)n12. The van der Waals surface area contributed by atoms with Crippen LogP contribution in [0.1, 0.15) is 11.3 Å². The number of ether oxygens (including phenoxy) is 1. The normalized spacial score (nSPS) is 10.4. The minimum atomic E-state index is 0.694. The summed E-state index contributed by atoms with van der Waals surface area (Å²) in [5, 5.41) is 0.695. The second-order valence-corrected chi connectivity index (χ2v) is 6.18. The number of nitrogens with zero attached hydrogens (tertiary/aromatic N) is 2. The molecule has 4 heteroatoms. The summed E-state index contributed by atoms with van der Waals surface area (Å²) in [5.41, 5.74) is 4.63. The zero-order valence-electron chi connectivity index (χ0n) is 14.1. The Morgan fingerprint density at radius 2 is 1.69 bits per heavy atom. The average Bonchev–Trinajstić information content (AvgIpc) is 3.10. The summed E-state index contributed by atoms with van der Waals surface area (Å²) in [5.74, 6) is 7.00. The molecule has 0 aliphatic heterocycles. The van der Waals surface area contributed by atoms with E-state index in [0.717, 1.165) is 28.0 Å². The van der Waals surface area contributed by atoms with Gasteiger partial charge in [0.15, 0.2) is 0 Å². The molecule has 3 nitrogen and oxygen atoms in total. The monoisotopic (exact) mass is 358 g/mol. The number of hydrogen-bond donors (Lipinski definition) is 0. The topological polar surface area (TPSA) is 26.5 Å². The van der Waals surface area contributed by atoms with Gasteiger partial charge in [0.2, 0.25) is 5.88 Å². The van der Waals surface area contributed by atoms with Crippen LogP contribution in [0.4, 0.5) is 0 Å². The van der Waals surface area contributed by atoms with Gasteiger partial charge in [-0.1, -0.05) is 47.9 Å². The van der Waals surface area contributed by atoms with Crippen LogP contribution in [0.2, 0.25) is 5.02 Å². The third-order valence-electron chi connectivity index (χ3n) is 4.07. The molecule has 0 atom stereocenters. The van der Waals surface area contributed by atoms with Crippen LogP contribution in [0, 0.1) is 11.8 Å². The number of halogens is 1. The van der Waals surface area contributed by atoms with E-state index in [1.54, 1.807) is 13.3 Å². The van der Waals surface area contributed by atoms with Crippen LogP contribution < -0.4 is 4.74 Å². The first-order valence-electron chi connectivity index (χ1n) is 8.13. The van der Waals surface area contributed by atoms with E-state index in [-0.39, 0.29) is 0 Å². The molecule has 0 unspecified atom stereocenters. The molecule has 0 saturated heterocycles. The third kappa shape index (κ3) is 3.15. The zero-order chi connectivity index (χ0) is 17.9. The van der Waals surface area contributed by atoms with Gasteiger partial charge in [0, 0.05) is 16.7 Å². The Bertz CT molecular complexity index is 1120. The van der Waals surface area contributed by atoms with Gasteiger partial charge in [-0.25, -0.2) is 4.98 Å². The van der Waals surface area contributed by atoms with E-state index >= 15 is 0 Å². The number of benzene rings is 2. The molecule has 2 aromatic carbocycles. The average molecular weight is 359 g/mol.